The molecule has 0 amide bonds. The molecular formula is C26H18F4O3. The standard InChI is InChI=1S/C26H18F4O3/c27-14-24(31)17-3-1-16(2-4-17)23-13-20(25(32)33)12-19-11-18(7-10-22(19)23)15-5-8-21(9-6-15)26(28,29)30/h1-13,24,31H,14H2,(H,32,33)/t24-/m0/s1. The monoisotopic (exact) mass is 454 g/mol. The van der Waals surface area contributed by atoms with Crippen molar-refractivity contribution in [1.29, 1.82) is 0 Å². The minimum Gasteiger partial charge on any atom is -0.478 e. The lowest BCUT2D eigenvalue weighted by Gasteiger charge is -2.13. The van der Waals surface area contributed by atoms with Crippen LogP contribution in [0.3, 0.4) is 0 Å². The van der Waals surface area contributed by atoms with Gasteiger partial charge in [-0.15, -0.1) is 0 Å². The van der Waals surface area contributed by atoms with Crippen molar-refractivity contribution >= 4 is 16.7 Å². The number of halogens is 4. The Labute approximate surface area is 186 Å². The van der Waals surface area contributed by atoms with E-state index in [-0.39, 0.29) is 5.56 Å². The molecule has 4 aromatic carbocycles. The van der Waals surface area contributed by atoms with Crippen LogP contribution in [-0.2, 0) is 6.18 Å². The summed E-state index contributed by atoms with van der Waals surface area (Å²) >= 11 is 0. The minimum absolute atomic E-state index is 0.0509. The zero-order valence-corrected chi connectivity index (χ0v) is 17.1. The quantitative estimate of drug-likeness (QED) is 0.323. The minimum atomic E-state index is -4.43. The summed E-state index contributed by atoms with van der Waals surface area (Å²) in [6.45, 7) is -0.913. The molecule has 0 fully saturated rings. The van der Waals surface area contributed by atoms with E-state index in [0.717, 1.165) is 17.5 Å². The maximum absolute atomic E-state index is 12.9. The maximum Gasteiger partial charge on any atom is 0.416 e. The molecule has 0 unspecified atom stereocenters. The molecule has 0 heterocycles. The summed E-state index contributed by atoms with van der Waals surface area (Å²) in [5.41, 5.74) is 2.23. The van der Waals surface area contributed by atoms with Crippen molar-refractivity contribution in [3.63, 3.8) is 0 Å². The SMILES string of the molecule is O=C(O)c1cc(-c2ccc([C@@H](O)CF)cc2)c2ccc(-c3ccc(C(F)(F)F)cc3)cc2c1. The highest BCUT2D eigenvalue weighted by molar-refractivity contribution is 6.04. The number of carboxylic acids is 1. The molecule has 0 aromatic heterocycles. The highest BCUT2D eigenvalue weighted by atomic mass is 19.4. The first kappa shape index (κ1) is 22.5. The average Bonchev–Trinajstić information content (AvgIpc) is 2.82. The number of fused-ring (bicyclic) bond motifs is 1. The number of aliphatic hydroxyl groups excluding tert-OH is 1. The average molecular weight is 454 g/mol. The van der Waals surface area contributed by atoms with E-state index in [1.54, 1.807) is 42.5 Å². The summed E-state index contributed by atoms with van der Waals surface area (Å²) in [6, 6.07) is 19.6. The predicted molar refractivity (Wildman–Crippen MR) is 118 cm³/mol. The lowest BCUT2D eigenvalue weighted by molar-refractivity contribution is -0.137. The second-order valence-corrected chi connectivity index (χ2v) is 7.63. The number of hydrogen-bond donors (Lipinski definition) is 2. The number of rotatable bonds is 5. The topological polar surface area (TPSA) is 57.5 Å². The van der Waals surface area contributed by atoms with Gasteiger partial charge in [-0.05, 0) is 68.9 Å². The van der Waals surface area contributed by atoms with Crippen LogP contribution in [0.2, 0.25) is 0 Å². The van der Waals surface area contributed by atoms with Crippen LogP contribution in [0, 0.1) is 0 Å². The van der Waals surface area contributed by atoms with E-state index in [1.165, 1.54) is 24.3 Å². The van der Waals surface area contributed by atoms with Crippen molar-refractivity contribution in [2.24, 2.45) is 0 Å². The Morgan fingerprint density at radius 1 is 0.818 bits per heavy atom. The molecule has 0 saturated heterocycles. The molecule has 4 aromatic rings. The van der Waals surface area contributed by atoms with Gasteiger partial charge < -0.3 is 10.2 Å². The van der Waals surface area contributed by atoms with Gasteiger partial charge in [0.1, 0.15) is 12.8 Å². The van der Waals surface area contributed by atoms with Gasteiger partial charge in [0.15, 0.2) is 0 Å². The summed E-state index contributed by atoms with van der Waals surface area (Å²) in [6.07, 6.45) is -5.66. The predicted octanol–water partition coefficient (Wildman–Crippen LogP) is 6.89. The number of benzene rings is 4. The van der Waals surface area contributed by atoms with Crippen LogP contribution >= 0.6 is 0 Å². The van der Waals surface area contributed by atoms with Crippen LogP contribution in [0.5, 0.6) is 0 Å². The van der Waals surface area contributed by atoms with Crippen LogP contribution in [0.15, 0.2) is 78.9 Å². The van der Waals surface area contributed by atoms with Gasteiger partial charge in [-0.2, -0.15) is 13.2 Å². The van der Waals surface area contributed by atoms with E-state index in [9.17, 15) is 32.6 Å². The van der Waals surface area contributed by atoms with E-state index < -0.39 is 30.5 Å². The first-order valence-electron chi connectivity index (χ1n) is 10.0. The molecule has 1 atom stereocenters. The molecule has 168 valence electrons. The van der Waals surface area contributed by atoms with Gasteiger partial charge in [-0.25, -0.2) is 9.18 Å². The summed E-state index contributed by atoms with van der Waals surface area (Å²) < 4.78 is 51.3. The fraction of sp³-hybridized carbons (Fsp3) is 0.115. The van der Waals surface area contributed by atoms with Crippen molar-refractivity contribution in [2.45, 2.75) is 12.3 Å². The van der Waals surface area contributed by atoms with Gasteiger partial charge in [-0.3, -0.25) is 0 Å². The molecule has 0 saturated carbocycles. The number of hydrogen-bond acceptors (Lipinski definition) is 2. The van der Waals surface area contributed by atoms with Gasteiger partial charge in [0.2, 0.25) is 0 Å². The lowest BCUT2D eigenvalue weighted by Crippen LogP contribution is -2.03. The summed E-state index contributed by atoms with van der Waals surface area (Å²) in [7, 11) is 0. The fourth-order valence-corrected chi connectivity index (χ4v) is 3.74. The molecular weight excluding hydrogens is 436 g/mol. The summed E-state index contributed by atoms with van der Waals surface area (Å²) in [5, 5.41) is 20.6. The first-order chi connectivity index (χ1) is 15.7. The third kappa shape index (κ3) is 4.59. The zero-order valence-electron chi connectivity index (χ0n) is 17.1. The normalized spacial score (nSPS) is 12.6. The largest absolute Gasteiger partial charge is 0.478 e. The van der Waals surface area contributed by atoms with Crippen LogP contribution in [0.4, 0.5) is 17.6 Å². The van der Waals surface area contributed by atoms with Gasteiger partial charge in [0, 0.05) is 0 Å². The van der Waals surface area contributed by atoms with E-state index in [2.05, 4.69) is 0 Å². The Morgan fingerprint density at radius 3 is 2.00 bits per heavy atom. The highest BCUT2D eigenvalue weighted by Crippen LogP contribution is 2.35. The molecule has 3 nitrogen and oxygen atoms in total. The molecule has 0 bridgehead atoms. The zero-order chi connectivity index (χ0) is 23.8. The van der Waals surface area contributed by atoms with E-state index >= 15 is 0 Å². The molecule has 0 aliphatic rings. The van der Waals surface area contributed by atoms with Gasteiger partial charge >= 0.3 is 12.1 Å². The molecule has 4 rings (SSSR count). The van der Waals surface area contributed by atoms with Crippen LogP contribution in [0.1, 0.15) is 27.6 Å². The number of aromatic carboxylic acids is 1. The fourth-order valence-electron chi connectivity index (χ4n) is 3.74. The van der Waals surface area contributed by atoms with E-state index in [4.69, 9.17) is 0 Å². The summed E-state index contributed by atoms with van der Waals surface area (Å²) in [5.74, 6) is -1.12. The van der Waals surface area contributed by atoms with Gasteiger partial charge in [-0.1, -0.05) is 48.5 Å². The number of aliphatic hydroxyl groups is 1. The Morgan fingerprint density at radius 2 is 1.42 bits per heavy atom. The smallest absolute Gasteiger partial charge is 0.416 e. The third-order valence-corrected chi connectivity index (χ3v) is 5.50. The van der Waals surface area contributed by atoms with E-state index in [0.29, 0.717) is 33.2 Å². The van der Waals surface area contributed by atoms with Crippen LogP contribution in [-0.4, -0.2) is 22.9 Å². The second kappa shape index (κ2) is 8.67. The third-order valence-electron chi connectivity index (χ3n) is 5.50. The Kier molecular flexibility index (Phi) is 5.91. The molecule has 0 radical (unpaired) electrons. The van der Waals surface area contributed by atoms with Gasteiger partial charge in [0.05, 0.1) is 11.1 Å². The van der Waals surface area contributed by atoms with Crippen LogP contribution < -0.4 is 0 Å². The summed E-state index contributed by atoms with van der Waals surface area (Å²) in [4.78, 5) is 11.7. The molecule has 0 spiro atoms. The second-order valence-electron chi connectivity index (χ2n) is 7.63. The Balaban J connectivity index is 1.81. The van der Waals surface area contributed by atoms with Crippen molar-refractivity contribution in [2.75, 3.05) is 6.67 Å². The maximum atomic E-state index is 12.9. The van der Waals surface area contributed by atoms with Crippen molar-refractivity contribution in [1.82, 2.24) is 0 Å². The first-order valence-corrected chi connectivity index (χ1v) is 10.0. The van der Waals surface area contributed by atoms with Crippen LogP contribution in [0.25, 0.3) is 33.0 Å². The molecule has 0 aliphatic carbocycles. The van der Waals surface area contributed by atoms with Gasteiger partial charge in [0.25, 0.3) is 0 Å². The Bertz CT molecular complexity index is 1310. The van der Waals surface area contributed by atoms with Crippen molar-refractivity contribution in [3.05, 3.63) is 95.6 Å². The molecule has 2 N–H and O–H groups in total. The number of alkyl halides is 4. The molecule has 7 heteroatoms. The van der Waals surface area contributed by atoms with Crippen molar-refractivity contribution < 1.29 is 32.6 Å². The lowest BCUT2D eigenvalue weighted by atomic mass is 9.92. The number of carboxylic acid groups (broad SMARTS) is 1. The molecule has 0 aliphatic heterocycles. The number of carbonyl (C=O) groups is 1. The van der Waals surface area contributed by atoms with E-state index in [1.807, 2.05) is 0 Å². The molecule has 33 heavy (non-hydrogen) atoms. The van der Waals surface area contributed by atoms with Crippen molar-refractivity contribution in [3.8, 4) is 22.3 Å². The highest BCUT2D eigenvalue weighted by Gasteiger charge is 2.30. The Hall–Kier alpha value is -3.71.